The average Bonchev–Trinajstić information content (AvgIpc) is 2.69. The molecule has 3 nitrogen and oxygen atoms in total. The van der Waals surface area contributed by atoms with Crippen molar-refractivity contribution in [1.82, 2.24) is 0 Å². The number of hydrogen-bond acceptors (Lipinski definition) is 3. The number of carbonyl (C=O) groups is 1. The second kappa shape index (κ2) is 9.11. The molecule has 0 heterocycles. The number of hydrogen-bond donors (Lipinski definition) is 1. The fourth-order valence-electron chi connectivity index (χ4n) is 2.63. The summed E-state index contributed by atoms with van der Waals surface area (Å²) in [6.45, 7) is 0.331. The summed E-state index contributed by atoms with van der Waals surface area (Å²) in [7, 11) is 0. The van der Waals surface area contributed by atoms with Crippen LogP contribution in [0.5, 0.6) is 5.75 Å². The highest BCUT2D eigenvalue weighted by Gasteiger charge is 2.07. The van der Waals surface area contributed by atoms with Crippen molar-refractivity contribution >= 4 is 23.4 Å². The number of benzene rings is 3. The number of para-hydroxylation sites is 1. The molecule has 0 aromatic heterocycles. The third-order valence-electron chi connectivity index (χ3n) is 3.91. The van der Waals surface area contributed by atoms with E-state index in [1.807, 2.05) is 85.1 Å². The molecule has 3 aromatic rings. The largest absolute Gasteiger partial charge is 0.492 e. The zero-order chi connectivity index (χ0) is 18.2. The molecule has 0 aliphatic heterocycles. The van der Waals surface area contributed by atoms with Gasteiger partial charge in [0.1, 0.15) is 5.75 Å². The van der Waals surface area contributed by atoms with Gasteiger partial charge in [0, 0.05) is 16.1 Å². The lowest BCUT2D eigenvalue weighted by atomic mass is 10.1. The van der Waals surface area contributed by atoms with E-state index in [2.05, 4.69) is 5.32 Å². The van der Waals surface area contributed by atoms with Crippen LogP contribution in [0.3, 0.4) is 0 Å². The van der Waals surface area contributed by atoms with E-state index < -0.39 is 0 Å². The number of anilines is 1. The summed E-state index contributed by atoms with van der Waals surface area (Å²) in [5, 5.41) is 2.92. The van der Waals surface area contributed by atoms with Gasteiger partial charge in [-0.05, 0) is 36.1 Å². The van der Waals surface area contributed by atoms with E-state index >= 15 is 0 Å². The van der Waals surface area contributed by atoms with Crippen molar-refractivity contribution in [3.05, 3.63) is 78.9 Å². The first-order valence-electron chi connectivity index (χ1n) is 8.47. The highest BCUT2D eigenvalue weighted by atomic mass is 32.2. The Kier molecular flexibility index (Phi) is 6.34. The Hall–Kier alpha value is -2.72. The molecular formula is C22H21NO2S. The Balaban J connectivity index is 1.57. The molecule has 0 spiro atoms. The lowest BCUT2D eigenvalue weighted by molar-refractivity contribution is -0.116. The van der Waals surface area contributed by atoms with Crippen LogP contribution in [0.15, 0.2) is 83.8 Å². The zero-order valence-electron chi connectivity index (χ0n) is 14.6. The van der Waals surface area contributed by atoms with Gasteiger partial charge < -0.3 is 10.1 Å². The molecule has 132 valence electrons. The molecule has 0 bridgehead atoms. The topological polar surface area (TPSA) is 38.3 Å². The zero-order valence-corrected chi connectivity index (χ0v) is 15.5. The summed E-state index contributed by atoms with van der Waals surface area (Å²) in [5.41, 5.74) is 2.94. The van der Waals surface area contributed by atoms with Gasteiger partial charge in [-0.1, -0.05) is 54.6 Å². The summed E-state index contributed by atoms with van der Waals surface area (Å²) < 4.78 is 5.88. The number of thioether (sulfide) groups is 1. The number of rotatable bonds is 7. The van der Waals surface area contributed by atoms with Crippen molar-refractivity contribution in [3.8, 4) is 16.9 Å². The average molecular weight is 363 g/mol. The van der Waals surface area contributed by atoms with E-state index in [1.54, 1.807) is 11.8 Å². The molecule has 4 heteroatoms. The second-order valence-corrected chi connectivity index (χ2v) is 6.62. The van der Waals surface area contributed by atoms with Crippen molar-refractivity contribution in [2.45, 2.75) is 11.3 Å². The molecule has 3 rings (SSSR count). The van der Waals surface area contributed by atoms with Crippen LogP contribution in [0, 0.1) is 0 Å². The van der Waals surface area contributed by atoms with E-state index in [4.69, 9.17) is 4.74 Å². The minimum Gasteiger partial charge on any atom is -0.492 e. The van der Waals surface area contributed by atoms with Crippen LogP contribution < -0.4 is 10.1 Å². The summed E-state index contributed by atoms with van der Waals surface area (Å²) in [6.07, 6.45) is 2.31. The fraction of sp³-hybridized carbons (Fsp3) is 0.136. The monoisotopic (exact) mass is 363 g/mol. The van der Waals surface area contributed by atoms with Gasteiger partial charge in [-0.15, -0.1) is 11.8 Å². The van der Waals surface area contributed by atoms with Gasteiger partial charge in [0.2, 0.25) is 5.91 Å². The molecule has 0 fully saturated rings. The van der Waals surface area contributed by atoms with Gasteiger partial charge in [0.25, 0.3) is 0 Å². The molecule has 26 heavy (non-hydrogen) atoms. The molecule has 1 amide bonds. The molecule has 1 N–H and O–H groups in total. The number of amides is 1. The maximum atomic E-state index is 12.2. The smallest absolute Gasteiger partial charge is 0.227 e. The molecule has 0 atom stereocenters. The van der Waals surface area contributed by atoms with Crippen molar-refractivity contribution < 1.29 is 9.53 Å². The normalized spacial score (nSPS) is 10.3. The fourth-order valence-corrected chi connectivity index (χ4v) is 3.09. The first kappa shape index (κ1) is 18.1. The Labute approximate surface area is 158 Å². The lowest BCUT2D eigenvalue weighted by Gasteiger charge is -2.12. The van der Waals surface area contributed by atoms with Crippen LogP contribution in [-0.4, -0.2) is 18.8 Å². The van der Waals surface area contributed by atoms with E-state index in [9.17, 15) is 4.79 Å². The molecule has 0 unspecified atom stereocenters. The summed E-state index contributed by atoms with van der Waals surface area (Å²) in [4.78, 5) is 13.3. The van der Waals surface area contributed by atoms with Gasteiger partial charge in [0.15, 0.2) is 0 Å². The van der Waals surface area contributed by atoms with Gasteiger partial charge in [-0.3, -0.25) is 4.79 Å². The van der Waals surface area contributed by atoms with E-state index in [1.165, 1.54) is 0 Å². The van der Waals surface area contributed by atoms with Gasteiger partial charge in [0.05, 0.1) is 13.0 Å². The summed E-state index contributed by atoms with van der Waals surface area (Å²) >= 11 is 1.65. The van der Waals surface area contributed by atoms with Crippen LogP contribution in [0.1, 0.15) is 6.42 Å². The second-order valence-electron chi connectivity index (χ2n) is 5.74. The minimum atomic E-state index is -0.0551. The third-order valence-corrected chi connectivity index (χ3v) is 4.64. The SMILES string of the molecule is CSc1cccc(NC(=O)CCOc2ccccc2-c2ccccc2)c1. The van der Waals surface area contributed by atoms with Crippen LogP contribution in [0.25, 0.3) is 11.1 Å². The molecule has 0 saturated carbocycles. The van der Waals surface area contributed by atoms with Crippen LogP contribution in [-0.2, 0) is 4.79 Å². The summed E-state index contributed by atoms with van der Waals surface area (Å²) in [5.74, 6) is 0.733. The first-order valence-corrected chi connectivity index (χ1v) is 9.70. The Morgan fingerprint density at radius 1 is 0.962 bits per heavy atom. The van der Waals surface area contributed by atoms with Gasteiger partial charge >= 0.3 is 0 Å². The van der Waals surface area contributed by atoms with E-state index in [-0.39, 0.29) is 5.91 Å². The van der Waals surface area contributed by atoms with E-state index in [0.29, 0.717) is 13.0 Å². The highest BCUT2D eigenvalue weighted by Crippen LogP contribution is 2.29. The number of carbonyl (C=O) groups excluding carboxylic acids is 1. The molecule has 3 aromatic carbocycles. The predicted molar refractivity (Wildman–Crippen MR) is 109 cm³/mol. The molecule has 0 aliphatic carbocycles. The Morgan fingerprint density at radius 3 is 2.54 bits per heavy atom. The Bertz CT molecular complexity index is 865. The molecule has 0 radical (unpaired) electrons. The first-order chi connectivity index (χ1) is 12.8. The molecular weight excluding hydrogens is 342 g/mol. The molecule has 0 aliphatic rings. The highest BCUT2D eigenvalue weighted by molar-refractivity contribution is 7.98. The Morgan fingerprint density at radius 2 is 1.73 bits per heavy atom. The third kappa shape index (κ3) is 4.90. The summed E-state index contributed by atoms with van der Waals surface area (Å²) in [6, 6.07) is 25.8. The molecule has 0 saturated heterocycles. The van der Waals surface area contributed by atoms with Gasteiger partial charge in [-0.2, -0.15) is 0 Å². The van der Waals surface area contributed by atoms with Crippen molar-refractivity contribution in [2.24, 2.45) is 0 Å². The number of ether oxygens (including phenoxy) is 1. The van der Waals surface area contributed by atoms with Crippen molar-refractivity contribution in [1.29, 1.82) is 0 Å². The quantitative estimate of drug-likeness (QED) is 0.565. The van der Waals surface area contributed by atoms with Gasteiger partial charge in [-0.25, -0.2) is 0 Å². The van der Waals surface area contributed by atoms with Crippen molar-refractivity contribution in [2.75, 3.05) is 18.2 Å². The van der Waals surface area contributed by atoms with Crippen LogP contribution in [0.2, 0.25) is 0 Å². The van der Waals surface area contributed by atoms with Crippen LogP contribution in [0.4, 0.5) is 5.69 Å². The maximum absolute atomic E-state index is 12.2. The maximum Gasteiger partial charge on any atom is 0.227 e. The van der Waals surface area contributed by atoms with Crippen LogP contribution >= 0.6 is 11.8 Å². The van der Waals surface area contributed by atoms with E-state index in [0.717, 1.165) is 27.5 Å². The minimum absolute atomic E-state index is 0.0551. The van der Waals surface area contributed by atoms with Crippen molar-refractivity contribution in [3.63, 3.8) is 0 Å². The lowest BCUT2D eigenvalue weighted by Crippen LogP contribution is -2.15. The standard InChI is InChI=1S/C22H21NO2S/c1-26-19-11-7-10-18(16-19)23-22(24)14-15-25-21-13-6-5-12-20(21)17-8-3-2-4-9-17/h2-13,16H,14-15H2,1H3,(H,23,24). The predicted octanol–water partition coefficient (Wildman–Crippen LogP) is 5.48. The number of nitrogens with one attached hydrogen (secondary N) is 1.